The maximum absolute atomic E-state index is 12.9. The van der Waals surface area contributed by atoms with E-state index in [2.05, 4.69) is 15.4 Å². The first kappa shape index (κ1) is 17.8. The smallest absolute Gasteiger partial charge is 0.261 e. The minimum atomic E-state index is -0.288. The van der Waals surface area contributed by atoms with E-state index in [0.717, 1.165) is 19.3 Å². The molecule has 0 atom stereocenters. The summed E-state index contributed by atoms with van der Waals surface area (Å²) < 4.78 is 7.12. The Morgan fingerprint density at radius 2 is 2.00 bits per heavy atom. The summed E-state index contributed by atoms with van der Waals surface area (Å²) in [7, 11) is 1.55. The molecule has 0 fully saturated rings. The van der Waals surface area contributed by atoms with Crippen LogP contribution in [0.5, 0.6) is 5.75 Å². The lowest BCUT2D eigenvalue weighted by Gasteiger charge is -2.14. The fourth-order valence-corrected chi connectivity index (χ4v) is 3.75. The van der Waals surface area contributed by atoms with Crippen molar-refractivity contribution in [1.29, 1.82) is 0 Å². The lowest BCUT2D eigenvalue weighted by atomic mass is 9.98. The van der Waals surface area contributed by atoms with E-state index < -0.39 is 0 Å². The average Bonchev–Trinajstić information content (AvgIpc) is 3.06. The molecule has 140 valence electrons. The van der Waals surface area contributed by atoms with Crippen molar-refractivity contribution < 1.29 is 9.53 Å². The number of nitrogens with zero attached hydrogens (tertiary/aromatic N) is 3. The van der Waals surface area contributed by atoms with E-state index in [1.807, 2.05) is 10.7 Å². The minimum Gasteiger partial charge on any atom is -0.495 e. The van der Waals surface area contributed by atoms with Crippen LogP contribution in [0.1, 0.15) is 47.3 Å². The predicted octanol–water partition coefficient (Wildman–Crippen LogP) is 4.30. The van der Waals surface area contributed by atoms with Crippen LogP contribution < -0.4 is 10.1 Å². The third-order valence-electron chi connectivity index (χ3n) is 4.98. The molecule has 0 saturated carbocycles. The van der Waals surface area contributed by atoms with Gasteiger partial charge in [0.25, 0.3) is 5.91 Å². The molecule has 0 radical (unpaired) electrons. The molecule has 3 aromatic rings. The molecule has 7 heteroatoms. The van der Waals surface area contributed by atoms with Crippen LogP contribution in [0.25, 0.3) is 5.65 Å². The standard InChI is InChI=1S/C20H21ClN4O2/c1-27-18-9-8-14(21)10-16(18)24-20(26)15-12-23-25-17-7-5-3-2-4-6-13(17)11-22-19(15)25/h8-12H,2-7H2,1H3,(H,24,26). The van der Waals surface area contributed by atoms with E-state index in [1.165, 1.54) is 30.5 Å². The number of nitrogens with one attached hydrogen (secondary N) is 1. The first-order valence-corrected chi connectivity index (χ1v) is 9.54. The molecule has 0 bridgehead atoms. The number of ether oxygens (including phenoxy) is 1. The summed E-state index contributed by atoms with van der Waals surface area (Å²) in [6.45, 7) is 0. The van der Waals surface area contributed by atoms with Crippen molar-refractivity contribution in [3.05, 3.63) is 52.4 Å². The number of aromatic nitrogens is 3. The van der Waals surface area contributed by atoms with Gasteiger partial charge in [-0.2, -0.15) is 5.10 Å². The van der Waals surface area contributed by atoms with Gasteiger partial charge in [0.1, 0.15) is 11.3 Å². The van der Waals surface area contributed by atoms with E-state index in [1.54, 1.807) is 31.5 Å². The lowest BCUT2D eigenvalue weighted by molar-refractivity contribution is 0.102. The monoisotopic (exact) mass is 384 g/mol. The van der Waals surface area contributed by atoms with Crippen LogP contribution in [0.3, 0.4) is 0 Å². The molecule has 4 rings (SSSR count). The maximum atomic E-state index is 12.9. The van der Waals surface area contributed by atoms with E-state index in [-0.39, 0.29) is 5.91 Å². The molecule has 1 amide bonds. The highest BCUT2D eigenvalue weighted by atomic mass is 35.5. The van der Waals surface area contributed by atoms with Gasteiger partial charge in [-0.05, 0) is 49.4 Å². The number of amides is 1. The van der Waals surface area contributed by atoms with Gasteiger partial charge in [-0.1, -0.05) is 24.4 Å². The zero-order valence-corrected chi connectivity index (χ0v) is 15.9. The van der Waals surface area contributed by atoms with E-state index in [9.17, 15) is 4.79 Å². The van der Waals surface area contributed by atoms with Crippen molar-refractivity contribution in [2.75, 3.05) is 12.4 Å². The highest BCUT2D eigenvalue weighted by molar-refractivity contribution is 6.31. The average molecular weight is 385 g/mol. The fourth-order valence-electron chi connectivity index (χ4n) is 3.58. The third-order valence-corrected chi connectivity index (χ3v) is 5.21. The quantitative estimate of drug-likeness (QED) is 0.730. The summed E-state index contributed by atoms with van der Waals surface area (Å²) in [5.41, 5.74) is 3.92. The first-order valence-electron chi connectivity index (χ1n) is 9.17. The number of carbonyl (C=O) groups excluding carboxylic acids is 1. The number of aryl methyl sites for hydroxylation is 2. The predicted molar refractivity (Wildman–Crippen MR) is 105 cm³/mol. The second-order valence-corrected chi connectivity index (χ2v) is 7.17. The zero-order chi connectivity index (χ0) is 18.8. The number of hydrogen-bond acceptors (Lipinski definition) is 4. The van der Waals surface area contributed by atoms with Crippen molar-refractivity contribution in [3.8, 4) is 5.75 Å². The molecule has 2 aromatic heterocycles. The topological polar surface area (TPSA) is 68.5 Å². The van der Waals surface area contributed by atoms with Crippen LogP contribution in [0.15, 0.2) is 30.6 Å². The van der Waals surface area contributed by atoms with Crippen molar-refractivity contribution in [1.82, 2.24) is 14.6 Å². The minimum absolute atomic E-state index is 0.288. The number of methoxy groups -OCH3 is 1. The van der Waals surface area contributed by atoms with Crippen molar-refractivity contribution >= 4 is 28.8 Å². The Morgan fingerprint density at radius 1 is 1.19 bits per heavy atom. The van der Waals surface area contributed by atoms with Crippen LogP contribution in [0, 0.1) is 0 Å². The molecule has 0 spiro atoms. The highest BCUT2D eigenvalue weighted by Gasteiger charge is 2.19. The Kier molecular flexibility index (Phi) is 4.99. The van der Waals surface area contributed by atoms with Crippen molar-refractivity contribution in [2.45, 2.75) is 38.5 Å². The van der Waals surface area contributed by atoms with Crippen molar-refractivity contribution in [2.24, 2.45) is 0 Å². The van der Waals surface area contributed by atoms with Crippen LogP contribution >= 0.6 is 11.6 Å². The van der Waals surface area contributed by atoms with Gasteiger partial charge < -0.3 is 10.1 Å². The molecule has 1 N–H and O–H groups in total. The van der Waals surface area contributed by atoms with Crippen LogP contribution in [0.4, 0.5) is 5.69 Å². The van der Waals surface area contributed by atoms with Crippen LogP contribution in [0.2, 0.25) is 5.02 Å². The number of anilines is 1. The number of rotatable bonds is 3. The third kappa shape index (κ3) is 3.49. The first-order chi connectivity index (χ1) is 13.2. The Balaban J connectivity index is 1.69. The van der Waals surface area contributed by atoms with Crippen LogP contribution in [-0.4, -0.2) is 27.6 Å². The van der Waals surface area contributed by atoms with Crippen LogP contribution in [-0.2, 0) is 12.8 Å². The second kappa shape index (κ2) is 7.56. The summed E-state index contributed by atoms with van der Waals surface area (Å²) in [4.78, 5) is 17.4. The zero-order valence-electron chi connectivity index (χ0n) is 15.2. The maximum Gasteiger partial charge on any atom is 0.261 e. The molecular formula is C20H21ClN4O2. The molecule has 1 aliphatic carbocycles. The molecule has 0 saturated heterocycles. The van der Waals surface area contributed by atoms with Gasteiger partial charge in [-0.3, -0.25) is 4.79 Å². The van der Waals surface area contributed by atoms with Gasteiger partial charge in [-0.25, -0.2) is 9.50 Å². The summed E-state index contributed by atoms with van der Waals surface area (Å²) >= 11 is 6.05. The van der Waals surface area contributed by atoms with E-state index in [4.69, 9.17) is 16.3 Å². The Morgan fingerprint density at radius 3 is 2.81 bits per heavy atom. The number of hydrogen-bond donors (Lipinski definition) is 1. The van der Waals surface area contributed by atoms with E-state index in [0.29, 0.717) is 27.7 Å². The summed E-state index contributed by atoms with van der Waals surface area (Å²) in [6, 6.07) is 5.09. The van der Waals surface area contributed by atoms with E-state index >= 15 is 0 Å². The number of carbonyl (C=O) groups is 1. The molecule has 1 aliphatic rings. The summed E-state index contributed by atoms with van der Waals surface area (Å²) in [5.74, 6) is 0.256. The second-order valence-electron chi connectivity index (χ2n) is 6.74. The Bertz CT molecular complexity index is 999. The summed E-state index contributed by atoms with van der Waals surface area (Å²) in [5, 5.41) is 7.84. The van der Waals surface area contributed by atoms with Crippen molar-refractivity contribution in [3.63, 3.8) is 0 Å². The molecule has 0 aliphatic heterocycles. The fraction of sp³-hybridized carbons (Fsp3) is 0.350. The Labute approximate surface area is 162 Å². The lowest BCUT2D eigenvalue weighted by Crippen LogP contribution is -2.14. The number of fused-ring (bicyclic) bond motifs is 3. The van der Waals surface area contributed by atoms with Gasteiger partial charge in [0.05, 0.1) is 19.0 Å². The SMILES string of the molecule is COc1ccc(Cl)cc1NC(=O)c1cnn2c3c(cnc12)CCCCCC3. The van der Waals surface area contributed by atoms with Gasteiger partial charge in [0.2, 0.25) is 0 Å². The molecule has 0 unspecified atom stereocenters. The molecule has 1 aromatic carbocycles. The van der Waals surface area contributed by atoms with Gasteiger partial charge >= 0.3 is 0 Å². The molecule has 27 heavy (non-hydrogen) atoms. The largest absolute Gasteiger partial charge is 0.495 e. The highest BCUT2D eigenvalue weighted by Crippen LogP contribution is 2.28. The Hall–Kier alpha value is -2.60. The van der Waals surface area contributed by atoms with Gasteiger partial charge in [0, 0.05) is 16.9 Å². The normalized spacial score (nSPS) is 14.3. The number of halogens is 1. The molecule has 6 nitrogen and oxygen atoms in total. The number of benzene rings is 1. The van der Waals surface area contributed by atoms with Gasteiger partial charge in [0.15, 0.2) is 5.65 Å². The molecular weight excluding hydrogens is 364 g/mol. The summed E-state index contributed by atoms with van der Waals surface area (Å²) in [6.07, 6.45) is 10.2. The molecule has 2 heterocycles. The van der Waals surface area contributed by atoms with Gasteiger partial charge in [-0.15, -0.1) is 0 Å².